The monoisotopic (exact) mass is 242 g/mol. The second-order valence-corrected chi connectivity index (χ2v) is 5.04. The van der Waals surface area contributed by atoms with Crippen LogP contribution in [-0.4, -0.2) is 0 Å². The Labute approximate surface area is 112 Å². The van der Waals surface area contributed by atoms with Crippen molar-refractivity contribution in [3.8, 4) is 0 Å². The van der Waals surface area contributed by atoms with E-state index < -0.39 is 0 Å². The smallest absolute Gasteiger partial charge is 0.0411 e. The zero-order valence-corrected chi connectivity index (χ0v) is 13.7. The minimum absolute atomic E-state index is 1.01. The van der Waals surface area contributed by atoms with Gasteiger partial charge < -0.3 is 0 Å². The first kappa shape index (κ1) is 19.3. The van der Waals surface area contributed by atoms with Gasteiger partial charge in [-0.1, -0.05) is 87.0 Å². The summed E-state index contributed by atoms with van der Waals surface area (Å²) < 4.78 is 0. The van der Waals surface area contributed by atoms with E-state index in [-0.39, 0.29) is 0 Å². The Morgan fingerprint density at radius 1 is 0.824 bits per heavy atom. The van der Waals surface area contributed by atoms with Gasteiger partial charge >= 0.3 is 0 Å². The van der Waals surface area contributed by atoms with Crippen molar-refractivity contribution in [2.75, 3.05) is 0 Å². The summed E-state index contributed by atoms with van der Waals surface area (Å²) >= 11 is 0. The molecule has 0 unspecified atom stereocenters. The van der Waals surface area contributed by atoms with Crippen molar-refractivity contribution in [3.05, 3.63) is 0 Å². The molecule has 0 aromatic carbocycles. The highest BCUT2D eigenvalue weighted by Crippen LogP contribution is 2.33. The third-order valence-corrected chi connectivity index (χ3v) is 3.96. The fourth-order valence-corrected chi connectivity index (χ4v) is 2.66. The van der Waals surface area contributed by atoms with Gasteiger partial charge in [-0.05, 0) is 24.2 Å². The molecule has 106 valence electrons. The summed E-state index contributed by atoms with van der Waals surface area (Å²) in [5.41, 5.74) is 0. The lowest BCUT2D eigenvalue weighted by Crippen LogP contribution is -2.15. The van der Waals surface area contributed by atoms with E-state index in [0.717, 1.165) is 17.8 Å². The fraction of sp³-hybridized carbons (Fsp3) is 1.00. The zero-order valence-electron chi connectivity index (χ0n) is 13.7. The molecular weight excluding hydrogens is 204 g/mol. The first-order valence-corrected chi connectivity index (χ1v) is 8.26. The molecule has 1 aliphatic carbocycles. The average Bonchev–Trinajstić information content (AvgIpc) is 2.42. The van der Waals surface area contributed by atoms with E-state index in [1.807, 2.05) is 27.7 Å². The van der Waals surface area contributed by atoms with Gasteiger partial charge in [0.25, 0.3) is 0 Å². The first-order chi connectivity index (χ1) is 8.26. The molecule has 0 aliphatic heterocycles. The molecule has 0 aromatic rings. The fourth-order valence-electron chi connectivity index (χ4n) is 2.66. The Bertz CT molecular complexity index is 116. The molecule has 1 saturated carbocycles. The second kappa shape index (κ2) is 14.1. The molecule has 0 aromatic heterocycles. The summed E-state index contributed by atoms with van der Waals surface area (Å²) in [4.78, 5) is 0. The summed E-state index contributed by atoms with van der Waals surface area (Å²) in [5, 5.41) is 0. The van der Waals surface area contributed by atoms with Gasteiger partial charge in [0.2, 0.25) is 0 Å². The highest BCUT2D eigenvalue weighted by atomic mass is 14.3. The van der Waals surface area contributed by atoms with Crippen LogP contribution < -0.4 is 0 Å². The largest absolute Gasteiger partial charge is 0.0683 e. The van der Waals surface area contributed by atoms with Crippen molar-refractivity contribution in [3.63, 3.8) is 0 Å². The number of rotatable bonds is 4. The molecule has 0 nitrogen and oxygen atoms in total. The Kier molecular flexibility index (Phi) is 16.0. The normalized spacial score (nSPS) is 23.3. The summed E-state index contributed by atoms with van der Waals surface area (Å²) in [5.74, 6) is 3.09. The molecule has 0 heteroatoms. The van der Waals surface area contributed by atoms with Gasteiger partial charge in [0, 0.05) is 0 Å². The first-order valence-electron chi connectivity index (χ1n) is 8.26. The van der Waals surface area contributed by atoms with Crippen molar-refractivity contribution >= 4 is 0 Å². The van der Waals surface area contributed by atoms with Crippen LogP contribution in [0.2, 0.25) is 0 Å². The standard InChI is InChI=1S/C13H26.2C2H6/c1-4-12(5-2)10-13-8-6-11(3)7-9-13;2*1-2/h11-13H,4-10H2,1-3H3;2*1-2H3. The molecule has 0 heterocycles. The van der Waals surface area contributed by atoms with Crippen LogP contribution in [0.1, 0.15) is 93.4 Å². The van der Waals surface area contributed by atoms with Crippen molar-refractivity contribution in [1.82, 2.24) is 0 Å². The molecular formula is C17H38. The van der Waals surface area contributed by atoms with Gasteiger partial charge in [0.1, 0.15) is 0 Å². The molecule has 1 rings (SSSR count). The highest BCUT2D eigenvalue weighted by molar-refractivity contribution is 4.72. The third kappa shape index (κ3) is 9.68. The predicted molar refractivity (Wildman–Crippen MR) is 82.5 cm³/mol. The van der Waals surface area contributed by atoms with Crippen molar-refractivity contribution in [2.45, 2.75) is 93.4 Å². The minimum atomic E-state index is 1.01. The van der Waals surface area contributed by atoms with Crippen LogP contribution >= 0.6 is 0 Å². The van der Waals surface area contributed by atoms with E-state index >= 15 is 0 Å². The van der Waals surface area contributed by atoms with Gasteiger partial charge in [-0.2, -0.15) is 0 Å². The molecule has 0 atom stereocenters. The van der Waals surface area contributed by atoms with E-state index in [2.05, 4.69) is 20.8 Å². The molecule has 17 heavy (non-hydrogen) atoms. The van der Waals surface area contributed by atoms with Crippen LogP contribution in [0.3, 0.4) is 0 Å². The third-order valence-electron chi connectivity index (χ3n) is 3.96. The summed E-state index contributed by atoms with van der Waals surface area (Å²) in [6, 6.07) is 0. The SMILES string of the molecule is CC.CC.CCC(CC)CC1CCC(C)CC1. The number of hydrogen-bond acceptors (Lipinski definition) is 0. The topological polar surface area (TPSA) is 0 Å². The van der Waals surface area contributed by atoms with E-state index in [9.17, 15) is 0 Å². The van der Waals surface area contributed by atoms with E-state index in [4.69, 9.17) is 0 Å². The van der Waals surface area contributed by atoms with Crippen molar-refractivity contribution < 1.29 is 0 Å². The maximum Gasteiger partial charge on any atom is -0.0411 e. The van der Waals surface area contributed by atoms with Crippen LogP contribution in [0.15, 0.2) is 0 Å². The molecule has 1 fully saturated rings. The molecule has 0 spiro atoms. The van der Waals surface area contributed by atoms with Crippen LogP contribution in [0.5, 0.6) is 0 Å². The Balaban J connectivity index is 0. The molecule has 0 N–H and O–H groups in total. The molecule has 0 saturated heterocycles. The van der Waals surface area contributed by atoms with Gasteiger partial charge in [-0.15, -0.1) is 0 Å². The second-order valence-electron chi connectivity index (χ2n) is 5.04. The Morgan fingerprint density at radius 2 is 1.24 bits per heavy atom. The van der Waals surface area contributed by atoms with Gasteiger partial charge in [0.15, 0.2) is 0 Å². The Hall–Kier alpha value is 0. The van der Waals surface area contributed by atoms with Crippen LogP contribution in [-0.2, 0) is 0 Å². The molecule has 0 radical (unpaired) electrons. The molecule has 1 aliphatic rings. The average molecular weight is 242 g/mol. The van der Waals surface area contributed by atoms with E-state index in [0.29, 0.717) is 0 Å². The molecule has 0 bridgehead atoms. The van der Waals surface area contributed by atoms with Crippen LogP contribution in [0.25, 0.3) is 0 Å². The van der Waals surface area contributed by atoms with Crippen molar-refractivity contribution in [2.24, 2.45) is 17.8 Å². The zero-order chi connectivity index (χ0) is 13.7. The predicted octanol–water partition coefficient (Wildman–Crippen LogP) is 6.69. The van der Waals surface area contributed by atoms with Gasteiger partial charge in [0.05, 0.1) is 0 Å². The van der Waals surface area contributed by atoms with Crippen LogP contribution in [0.4, 0.5) is 0 Å². The summed E-state index contributed by atoms with van der Waals surface area (Å²) in [6.07, 6.45) is 10.3. The lowest BCUT2D eigenvalue weighted by molar-refractivity contribution is 0.240. The number of hydrogen-bond donors (Lipinski definition) is 0. The van der Waals surface area contributed by atoms with E-state index in [1.165, 1.54) is 44.9 Å². The quantitative estimate of drug-likeness (QED) is 0.515. The maximum atomic E-state index is 2.41. The summed E-state index contributed by atoms with van der Waals surface area (Å²) in [7, 11) is 0. The Morgan fingerprint density at radius 3 is 1.59 bits per heavy atom. The molecule has 0 amide bonds. The lowest BCUT2D eigenvalue weighted by Gasteiger charge is -2.28. The van der Waals surface area contributed by atoms with Crippen molar-refractivity contribution in [1.29, 1.82) is 0 Å². The van der Waals surface area contributed by atoms with Gasteiger partial charge in [-0.25, -0.2) is 0 Å². The highest BCUT2D eigenvalue weighted by Gasteiger charge is 2.20. The van der Waals surface area contributed by atoms with Gasteiger partial charge in [-0.3, -0.25) is 0 Å². The maximum absolute atomic E-state index is 2.41. The van der Waals surface area contributed by atoms with Crippen LogP contribution in [0, 0.1) is 17.8 Å². The summed E-state index contributed by atoms with van der Waals surface area (Å²) in [6.45, 7) is 15.1. The lowest BCUT2D eigenvalue weighted by atomic mass is 9.78. The van der Waals surface area contributed by atoms with E-state index in [1.54, 1.807) is 0 Å². The minimum Gasteiger partial charge on any atom is -0.0683 e.